The summed E-state index contributed by atoms with van der Waals surface area (Å²) in [5, 5.41) is 0.825. The van der Waals surface area contributed by atoms with E-state index in [0.29, 0.717) is 30.4 Å². The molecule has 0 aliphatic heterocycles. The third kappa shape index (κ3) is 2.33. The van der Waals surface area contributed by atoms with Gasteiger partial charge < -0.3 is 5.73 Å². The Labute approximate surface area is 104 Å². The zero-order chi connectivity index (χ0) is 12.4. The van der Waals surface area contributed by atoms with Crippen LogP contribution in [-0.4, -0.2) is 16.1 Å². The van der Waals surface area contributed by atoms with Crippen LogP contribution in [0.25, 0.3) is 10.9 Å². The van der Waals surface area contributed by atoms with Crippen LogP contribution in [0.2, 0.25) is 5.28 Å². The average molecular weight is 252 g/mol. The van der Waals surface area contributed by atoms with Crippen molar-refractivity contribution < 1.29 is 0 Å². The number of nitrogens with zero attached hydrogens (tertiary/aromatic N) is 2. The van der Waals surface area contributed by atoms with E-state index < -0.39 is 0 Å². The Kier molecular flexibility index (Phi) is 3.45. The highest BCUT2D eigenvalue weighted by atomic mass is 35.5. The summed E-state index contributed by atoms with van der Waals surface area (Å²) in [7, 11) is 0. The maximum absolute atomic E-state index is 12.2. The summed E-state index contributed by atoms with van der Waals surface area (Å²) in [5.74, 6) is 0. The van der Waals surface area contributed by atoms with Crippen LogP contribution in [0.3, 0.4) is 0 Å². The number of benzene rings is 1. The molecule has 2 N–H and O–H groups in total. The Bertz CT molecular complexity index is 606. The summed E-state index contributed by atoms with van der Waals surface area (Å²) < 4.78 is 1.47. The second-order valence-corrected chi connectivity index (χ2v) is 4.34. The van der Waals surface area contributed by atoms with Gasteiger partial charge in [-0.15, -0.1) is 0 Å². The van der Waals surface area contributed by atoms with Crippen molar-refractivity contribution in [3.05, 3.63) is 39.4 Å². The fourth-order valence-corrected chi connectivity index (χ4v) is 2.00. The average Bonchev–Trinajstić information content (AvgIpc) is 2.30. The molecule has 2 rings (SSSR count). The standard InChI is InChI=1S/C12H14ClN3O/c1-8-3-4-10-9(7-8)11(17)16(6-2-5-14)12(13)15-10/h3-4,7H,2,5-6,14H2,1H3. The van der Waals surface area contributed by atoms with E-state index in [1.165, 1.54) is 4.57 Å². The van der Waals surface area contributed by atoms with Gasteiger partial charge in [0.1, 0.15) is 0 Å². The Morgan fingerprint density at radius 2 is 2.24 bits per heavy atom. The monoisotopic (exact) mass is 251 g/mol. The first-order chi connectivity index (χ1) is 8.13. The van der Waals surface area contributed by atoms with Crippen molar-refractivity contribution in [2.75, 3.05) is 6.54 Å². The van der Waals surface area contributed by atoms with E-state index in [1.807, 2.05) is 25.1 Å². The number of hydrogen-bond acceptors (Lipinski definition) is 3. The summed E-state index contributed by atoms with van der Waals surface area (Å²) in [5.41, 5.74) is 7.00. The molecular formula is C12H14ClN3O. The zero-order valence-electron chi connectivity index (χ0n) is 9.61. The van der Waals surface area contributed by atoms with E-state index in [2.05, 4.69) is 4.98 Å². The number of nitrogens with two attached hydrogens (primary N) is 1. The van der Waals surface area contributed by atoms with Gasteiger partial charge in [-0.1, -0.05) is 11.6 Å². The maximum Gasteiger partial charge on any atom is 0.262 e. The van der Waals surface area contributed by atoms with Crippen LogP contribution < -0.4 is 11.3 Å². The van der Waals surface area contributed by atoms with Crippen LogP contribution in [0.15, 0.2) is 23.0 Å². The third-order valence-electron chi connectivity index (χ3n) is 2.65. The molecular weight excluding hydrogens is 238 g/mol. The molecule has 1 heterocycles. The number of fused-ring (bicyclic) bond motifs is 1. The van der Waals surface area contributed by atoms with E-state index >= 15 is 0 Å². The van der Waals surface area contributed by atoms with Crippen molar-refractivity contribution in [3.8, 4) is 0 Å². The molecule has 0 saturated carbocycles. The highest BCUT2D eigenvalue weighted by Gasteiger charge is 2.08. The zero-order valence-corrected chi connectivity index (χ0v) is 10.4. The first-order valence-electron chi connectivity index (χ1n) is 5.50. The number of halogens is 1. The summed E-state index contributed by atoms with van der Waals surface area (Å²) in [4.78, 5) is 16.4. The molecule has 0 fully saturated rings. The Balaban J connectivity index is 2.65. The summed E-state index contributed by atoms with van der Waals surface area (Å²) >= 11 is 6.00. The van der Waals surface area contributed by atoms with E-state index in [-0.39, 0.29) is 10.8 Å². The molecule has 0 aliphatic rings. The van der Waals surface area contributed by atoms with Gasteiger partial charge in [-0.25, -0.2) is 4.98 Å². The van der Waals surface area contributed by atoms with E-state index in [9.17, 15) is 4.79 Å². The predicted molar refractivity (Wildman–Crippen MR) is 69.4 cm³/mol. The summed E-state index contributed by atoms with van der Waals surface area (Å²) in [6.45, 7) is 2.97. The molecule has 1 aromatic carbocycles. The van der Waals surface area contributed by atoms with Crippen molar-refractivity contribution in [1.82, 2.24) is 9.55 Å². The molecule has 4 nitrogen and oxygen atoms in total. The van der Waals surface area contributed by atoms with Gasteiger partial charge in [0.2, 0.25) is 5.28 Å². The quantitative estimate of drug-likeness (QED) is 0.845. The molecule has 0 aliphatic carbocycles. The second kappa shape index (κ2) is 4.85. The van der Waals surface area contributed by atoms with Gasteiger partial charge in [0.25, 0.3) is 5.56 Å². The molecule has 5 heteroatoms. The van der Waals surface area contributed by atoms with Gasteiger partial charge in [-0.2, -0.15) is 0 Å². The Morgan fingerprint density at radius 3 is 2.94 bits per heavy atom. The highest BCUT2D eigenvalue weighted by molar-refractivity contribution is 6.28. The largest absolute Gasteiger partial charge is 0.330 e. The number of aromatic nitrogens is 2. The van der Waals surface area contributed by atoms with Gasteiger partial charge in [0, 0.05) is 6.54 Å². The van der Waals surface area contributed by atoms with Crippen molar-refractivity contribution in [2.24, 2.45) is 5.73 Å². The number of rotatable bonds is 3. The molecule has 0 radical (unpaired) electrons. The van der Waals surface area contributed by atoms with Gasteiger partial charge in [-0.05, 0) is 43.6 Å². The smallest absolute Gasteiger partial charge is 0.262 e. The van der Waals surface area contributed by atoms with Crippen LogP contribution in [0.5, 0.6) is 0 Å². The molecule has 0 unspecified atom stereocenters. The first-order valence-corrected chi connectivity index (χ1v) is 5.88. The number of aryl methyl sites for hydroxylation is 1. The minimum atomic E-state index is -0.0999. The SMILES string of the molecule is Cc1ccc2nc(Cl)n(CCCN)c(=O)c2c1. The van der Waals surface area contributed by atoms with Crippen molar-refractivity contribution >= 4 is 22.5 Å². The molecule has 0 spiro atoms. The molecule has 1 aromatic heterocycles. The fourth-order valence-electron chi connectivity index (χ4n) is 1.75. The lowest BCUT2D eigenvalue weighted by atomic mass is 10.2. The lowest BCUT2D eigenvalue weighted by Gasteiger charge is -2.08. The van der Waals surface area contributed by atoms with Gasteiger partial charge in [0.15, 0.2) is 0 Å². The molecule has 0 atom stereocenters. The van der Waals surface area contributed by atoms with E-state index in [1.54, 1.807) is 0 Å². The fraction of sp³-hybridized carbons (Fsp3) is 0.333. The molecule has 90 valence electrons. The Hall–Kier alpha value is -1.39. The van der Waals surface area contributed by atoms with Crippen LogP contribution in [0, 0.1) is 6.92 Å². The minimum Gasteiger partial charge on any atom is -0.330 e. The van der Waals surface area contributed by atoms with E-state index in [4.69, 9.17) is 17.3 Å². The number of hydrogen-bond donors (Lipinski definition) is 1. The normalized spacial score (nSPS) is 11.0. The van der Waals surface area contributed by atoms with Crippen molar-refractivity contribution in [3.63, 3.8) is 0 Å². The minimum absolute atomic E-state index is 0.0999. The third-order valence-corrected chi connectivity index (χ3v) is 2.94. The molecule has 0 saturated heterocycles. The maximum atomic E-state index is 12.2. The van der Waals surface area contributed by atoms with Crippen LogP contribution >= 0.6 is 11.6 Å². The van der Waals surface area contributed by atoms with E-state index in [0.717, 1.165) is 5.56 Å². The van der Waals surface area contributed by atoms with Crippen LogP contribution in [0.4, 0.5) is 0 Å². The van der Waals surface area contributed by atoms with Crippen molar-refractivity contribution in [2.45, 2.75) is 19.9 Å². The second-order valence-electron chi connectivity index (χ2n) is 4.00. The summed E-state index contributed by atoms with van der Waals surface area (Å²) in [6.07, 6.45) is 0.707. The lowest BCUT2D eigenvalue weighted by Crippen LogP contribution is -2.23. The van der Waals surface area contributed by atoms with Crippen LogP contribution in [0.1, 0.15) is 12.0 Å². The van der Waals surface area contributed by atoms with Gasteiger partial charge >= 0.3 is 0 Å². The molecule has 17 heavy (non-hydrogen) atoms. The predicted octanol–water partition coefficient (Wildman–Crippen LogP) is 1.71. The molecule has 0 amide bonds. The van der Waals surface area contributed by atoms with Gasteiger partial charge in [-0.3, -0.25) is 9.36 Å². The Morgan fingerprint density at radius 1 is 1.47 bits per heavy atom. The highest BCUT2D eigenvalue weighted by Crippen LogP contribution is 2.13. The first kappa shape index (κ1) is 12.1. The summed E-state index contributed by atoms with van der Waals surface area (Å²) in [6, 6.07) is 5.56. The topological polar surface area (TPSA) is 60.9 Å². The molecule has 2 aromatic rings. The van der Waals surface area contributed by atoms with Crippen LogP contribution in [-0.2, 0) is 6.54 Å². The lowest BCUT2D eigenvalue weighted by molar-refractivity contribution is 0.625. The van der Waals surface area contributed by atoms with Gasteiger partial charge in [0.05, 0.1) is 10.9 Å². The molecule has 0 bridgehead atoms. The van der Waals surface area contributed by atoms with Crippen molar-refractivity contribution in [1.29, 1.82) is 0 Å².